The van der Waals surface area contributed by atoms with Crippen LogP contribution in [0, 0.1) is 0 Å². The summed E-state index contributed by atoms with van der Waals surface area (Å²) in [5, 5.41) is 0. The molecule has 3 N–H and O–H groups in total. The molecule has 0 unspecified atom stereocenters. The molecule has 0 heterocycles. The predicted molar refractivity (Wildman–Crippen MR) is 76.8 cm³/mol. The minimum Gasteiger partial charge on any atom is -0.351 e. The monoisotopic (exact) mass is 344 g/mol. The molecule has 0 aromatic heterocycles. The number of urea groups is 1. The number of halogens is 3. The van der Waals surface area contributed by atoms with Crippen molar-refractivity contribution < 1.29 is 26.4 Å². The third-order valence-electron chi connectivity index (χ3n) is 2.92. The molecule has 0 radical (unpaired) electrons. The Morgan fingerprint density at radius 3 is 2.13 bits per heavy atom. The van der Waals surface area contributed by atoms with E-state index < -0.39 is 27.8 Å². The third kappa shape index (κ3) is 4.01. The Balaban J connectivity index is 2.36. The van der Waals surface area contributed by atoms with Crippen molar-refractivity contribution >= 4 is 16.1 Å². The molecule has 2 amide bonds. The summed E-state index contributed by atoms with van der Waals surface area (Å²) >= 11 is 0. The number of sulfonamides is 1. The molecule has 23 heavy (non-hydrogen) atoms. The smallest absolute Gasteiger partial charge is 0.351 e. The summed E-state index contributed by atoms with van der Waals surface area (Å²) in [5.41, 5.74) is 4.64. The summed E-state index contributed by atoms with van der Waals surface area (Å²) in [5.74, 6) is 0. The summed E-state index contributed by atoms with van der Waals surface area (Å²) in [6.45, 7) is 0. The molecule has 0 aliphatic carbocycles. The topological polar surface area (TPSA) is 89.3 Å². The lowest BCUT2D eigenvalue weighted by atomic mass is 10.0. The molecular formula is C14H11F3N2O3S. The first-order valence-corrected chi connectivity index (χ1v) is 7.68. The maximum atomic E-state index is 12.7. The van der Waals surface area contributed by atoms with Gasteiger partial charge in [-0.15, -0.1) is 0 Å². The van der Waals surface area contributed by atoms with Crippen LogP contribution in [0.15, 0.2) is 53.4 Å². The highest BCUT2D eigenvalue weighted by atomic mass is 32.2. The number of hydrogen-bond donors (Lipinski definition) is 2. The maximum absolute atomic E-state index is 12.7. The summed E-state index contributed by atoms with van der Waals surface area (Å²) in [6.07, 6.45) is -4.47. The van der Waals surface area contributed by atoms with Crippen LogP contribution in [-0.2, 0) is 16.2 Å². The molecule has 0 fully saturated rings. The van der Waals surface area contributed by atoms with Gasteiger partial charge in [-0.05, 0) is 35.4 Å². The highest BCUT2D eigenvalue weighted by Gasteiger charge is 2.30. The number of amides is 2. The Labute approximate surface area is 130 Å². The van der Waals surface area contributed by atoms with Gasteiger partial charge in [0.15, 0.2) is 0 Å². The van der Waals surface area contributed by atoms with Crippen molar-refractivity contribution in [2.75, 3.05) is 0 Å². The van der Waals surface area contributed by atoms with Crippen LogP contribution in [0.1, 0.15) is 5.56 Å². The lowest BCUT2D eigenvalue weighted by Crippen LogP contribution is -2.34. The predicted octanol–water partition coefficient (Wildman–Crippen LogP) is 2.73. The summed E-state index contributed by atoms with van der Waals surface area (Å²) in [7, 11) is -4.09. The van der Waals surface area contributed by atoms with Gasteiger partial charge in [0.2, 0.25) is 0 Å². The van der Waals surface area contributed by atoms with Crippen LogP contribution in [0.25, 0.3) is 11.1 Å². The van der Waals surface area contributed by atoms with Crippen LogP contribution >= 0.6 is 0 Å². The van der Waals surface area contributed by atoms with Gasteiger partial charge in [0.05, 0.1) is 10.5 Å². The number of nitrogens with one attached hydrogen (secondary N) is 1. The Morgan fingerprint density at radius 1 is 1.00 bits per heavy atom. The van der Waals surface area contributed by atoms with Gasteiger partial charge < -0.3 is 5.73 Å². The molecule has 0 aliphatic rings. The van der Waals surface area contributed by atoms with E-state index in [0.29, 0.717) is 5.56 Å². The van der Waals surface area contributed by atoms with Gasteiger partial charge in [-0.25, -0.2) is 17.9 Å². The molecule has 9 heteroatoms. The van der Waals surface area contributed by atoms with Gasteiger partial charge in [-0.3, -0.25) is 0 Å². The van der Waals surface area contributed by atoms with Gasteiger partial charge in [0, 0.05) is 0 Å². The number of primary amides is 1. The minimum absolute atomic E-state index is 0.230. The number of nitrogens with two attached hydrogens (primary N) is 1. The molecule has 2 rings (SSSR count). The van der Waals surface area contributed by atoms with Crippen molar-refractivity contribution in [1.82, 2.24) is 4.72 Å². The highest BCUT2D eigenvalue weighted by molar-refractivity contribution is 7.90. The number of benzene rings is 2. The van der Waals surface area contributed by atoms with Crippen molar-refractivity contribution in [1.29, 1.82) is 0 Å². The first-order valence-electron chi connectivity index (χ1n) is 6.19. The molecular weight excluding hydrogens is 333 g/mol. The van der Waals surface area contributed by atoms with Crippen molar-refractivity contribution in [3.63, 3.8) is 0 Å². The van der Waals surface area contributed by atoms with Gasteiger partial charge in [0.25, 0.3) is 10.0 Å². The quantitative estimate of drug-likeness (QED) is 0.897. The molecule has 0 saturated heterocycles. The van der Waals surface area contributed by atoms with E-state index in [-0.39, 0.29) is 10.5 Å². The van der Waals surface area contributed by atoms with Crippen LogP contribution in [-0.4, -0.2) is 14.4 Å². The number of carbonyl (C=O) groups excluding carboxylic acids is 1. The van der Waals surface area contributed by atoms with Crippen LogP contribution in [0.2, 0.25) is 0 Å². The van der Waals surface area contributed by atoms with Crippen LogP contribution in [0.3, 0.4) is 0 Å². The first kappa shape index (κ1) is 16.8. The first-order chi connectivity index (χ1) is 10.6. The fraction of sp³-hybridized carbons (Fsp3) is 0.0714. The molecule has 0 aliphatic heterocycles. The van der Waals surface area contributed by atoms with Crippen molar-refractivity contribution in [3.05, 3.63) is 54.1 Å². The molecule has 5 nitrogen and oxygen atoms in total. The van der Waals surface area contributed by atoms with Crippen LogP contribution in [0.5, 0.6) is 0 Å². The number of alkyl halides is 3. The Hall–Kier alpha value is -2.55. The fourth-order valence-electron chi connectivity index (χ4n) is 1.89. The molecule has 2 aromatic carbocycles. The molecule has 122 valence electrons. The van der Waals surface area contributed by atoms with Crippen LogP contribution < -0.4 is 10.5 Å². The zero-order chi connectivity index (χ0) is 17.3. The van der Waals surface area contributed by atoms with E-state index >= 15 is 0 Å². The largest absolute Gasteiger partial charge is 0.416 e. The number of carbonyl (C=O) groups is 1. The lowest BCUT2D eigenvalue weighted by Gasteiger charge is -2.09. The molecule has 0 saturated carbocycles. The SMILES string of the molecule is NC(=O)NS(=O)(=O)c1ccc(-c2cccc(C(F)(F)F)c2)cc1. The van der Waals surface area contributed by atoms with E-state index in [1.165, 1.54) is 36.4 Å². The van der Waals surface area contributed by atoms with E-state index in [4.69, 9.17) is 5.73 Å². The number of rotatable bonds is 3. The molecule has 2 aromatic rings. The highest BCUT2D eigenvalue weighted by Crippen LogP contribution is 2.32. The number of hydrogen-bond acceptors (Lipinski definition) is 3. The van der Waals surface area contributed by atoms with E-state index in [0.717, 1.165) is 12.1 Å². The Kier molecular flexibility index (Phi) is 4.33. The summed E-state index contributed by atoms with van der Waals surface area (Å²) in [4.78, 5) is 10.4. The fourth-order valence-corrected chi connectivity index (χ4v) is 2.77. The van der Waals surface area contributed by atoms with Crippen molar-refractivity contribution in [2.45, 2.75) is 11.1 Å². The second-order valence-electron chi connectivity index (χ2n) is 4.57. The molecule has 0 spiro atoms. The van der Waals surface area contributed by atoms with Crippen LogP contribution in [0.4, 0.5) is 18.0 Å². The molecule has 0 atom stereocenters. The summed E-state index contributed by atoms with van der Waals surface area (Å²) < 4.78 is 63.1. The lowest BCUT2D eigenvalue weighted by molar-refractivity contribution is -0.137. The second kappa shape index (κ2) is 5.92. The molecule has 0 bridgehead atoms. The summed E-state index contributed by atoms with van der Waals surface area (Å²) in [6, 6.07) is 8.42. The van der Waals surface area contributed by atoms with E-state index in [9.17, 15) is 26.4 Å². The Morgan fingerprint density at radius 2 is 1.61 bits per heavy atom. The second-order valence-corrected chi connectivity index (χ2v) is 6.26. The standard InChI is InChI=1S/C14H11F3N2O3S/c15-14(16,17)11-3-1-2-10(8-11)9-4-6-12(7-5-9)23(21,22)19-13(18)20/h1-8H,(H3,18,19,20). The Bertz CT molecular complexity index is 831. The van der Waals surface area contributed by atoms with E-state index in [1.807, 2.05) is 0 Å². The van der Waals surface area contributed by atoms with Gasteiger partial charge in [-0.2, -0.15) is 13.2 Å². The average molecular weight is 344 g/mol. The van der Waals surface area contributed by atoms with Crippen molar-refractivity contribution in [3.8, 4) is 11.1 Å². The normalized spacial score (nSPS) is 12.0. The van der Waals surface area contributed by atoms with Gasteiger partial charge in [-0.1, -0.05) is 24.3 Å². The van der Waals surface area contributed by atoms with Gasteiger partial charge >= 0.3 is 12.2 Å². The van der Waals surface area contributed by atoms with Gasteiger partial charge in [0.1, 0.15) is 0 Å². The van der Waals surface area contributed by atoms with E-state index in [1.54, 1.807) is 4.72 Å². The minimum atomic E-state index is -4.47. The third-order valence-corrected chi connectivity index (χ3v) is 4.29. The average Bonchev–Trinajstić information content (AvgIpc) is 2.45. The zero-order valence-corrected chi connectivity index (χ0v) is 12.3. The maximum Gasteiger partial charge on any atom is 0.416 e. The van der Waals surface area contributed by atoms with Crippen molar-refractivity contribution in [2.24, 2.45) is 5.73 Å². The van der Waals surface area contributed by atoms with E-state index in [2.05, 4.69) is 0 Å². The zero-order valence-electron chi connectivity index (χ0n) is 11.5.